The molecule has 1 heterocycles. The summed E-state index contributed by atoms with van der Waals surface area (Å²) < 4.78 is 5.44. The molecule has 0 radical (unpaired) electrons. The fraction of sp³-hybridized carbons (Fsp3) is 0.500. The number of carbonyl (C=O) groups excluding carboxylic acids is 1. The highest BCUT2D eigenvalue weighted by atomic mass is 16.6. The monoisotopic (exact) mass is 293 g/mol. The van der Waals surface area contributed by atoms with E-state index in [0.29, 0.717) is 18.7 Å². The van der Waals surface area contributed by atoms with E-state index in [4.69, 9.17) is 4.74 Å². The Kier molecular flexibility index (Phi) is 4.87. The molecule has 0 bridgehead atoms. The quantitative estimate of drug-likeness (QED) is 0.641. The molecule has 7 nitrogen and oxygen atoms in total. The Balaban J connectivity index is 2.03. The van der Waals surface area contributed by atoms with Crippen molar-refractivity contribution >= 4 is 11.6 Å². The number of hydrogen-bond donors (Lipinski definition) is 2. The molecule has 1 saturated heterocycles. The summed E-state index contributed by atoms with van der Waals surface area (Å²) in [6.45, 7) is 4.86. The molecule has 7 heteroatoms. The Morgan fingerprint density at radius 1 is 1.57 bits per heavy atom. The summed E-state index contributed by atoms with van der Waals surface area (Å²) in [7, 11) is 0. The van der Waals surface area contributed by atoms with E-state index in [-0.39, 0.29) is 23.7 Å². The summed E-state index contributed by atoms with van der Waals surface area (Å²) in [5.41, 5.74) is 0.711. The molecular weight excluding hydrogens is 274 g/mol. The summed E-state index contributed by atoms with van der Waals surface area (Å²) in [5.74, 6) is -0.166. The molecular formula is C14H19N3O4. The molecule has 1 amide bonds. The number of benzene rings is 1. The summed E-state index contributed by atoms with van der Waals surface area (Å²) in [4.78, 5) is 22.6. The lowest BCUT2D eigenvalue weighted by atomic mass is 10.1. The zero-order chi connectivity index (χ0) is 15.4. The summed E-state index contributed by atoms with van der Waals surface area (Å²) in [6, 6.07) is 5.55. The molecule has 1 aliphatic heterocycles. The highest BCUT2D eigenvalue weighted by Gasteiger charge is 2.29. The first-order valence-corrected chi connectivity index (χ1v) is 6.88. The molecule has 0 aromatic heterocycles. The highest BCUT2D eigenvalue weighted by Crippen LogP contribution is 2.19. The van der Waals surface area contributed by atoms with Crippen LogP contribution in [-0.2, 0) is 9.53 Å². The SMILES string of the molecule is CC(NC(=O)[C@H]1NCCO[C@@H]1C)c1cccc([N+](=O)[O-])c1. The highest BCUT2D eigenvalue weighted by molar-refractivity contribution is 5.82. The maximum Gasteiger partial charge on any atom is 0.269 e. The first-order chi connectivity index (χ1) is 9.99. The fourth-order valence-electron chi connectivity index (χ4n) is 2.32. The number of nitrogens with one attached hydrogen (secondary N) is 2. The van der Waals surface area contributed by atoms with Crippen LogP contribution in [0.5, 0.6) is 0 Å². The second kappa shape index (κ2) is 6.64. The second-order valence-electron chi connectivity index (χ2n) is 5.09. The topological polar surface area (TPSA) is 93.5 Å². The van der Waals surface area contributed by atoms with Crippen LogP contribution in [0.2, 0.25) is 0 Å². The third-order valence-corrected chi connectivity index (χ3v) is 3.54. The van der Waals surface area contributed by atoms with Gasteiger partial charge in [0, 0.05) is 18.7 Å². The average Bonchev–Trinajstić information content (AvgIpc) is 2.47. The fourth-order valence-corrected chi connectivity index (χ4v) is 2.32. The first-order valence-electron chi connectivity index (χ1n) is 6.88. The van der Waals surface area contributed by atoms with Crippen molar-refractivity contribution < 1.29 is 14.5 Å². The smallest absolute Gasteiger partial charge is 0.269 e. The van der Waals surface area contributed by atoms with Crippen LogP contribution in [0.4, 0.5) is 5.69 Å². The number of carbonyl (C=O) groups is 1. The van der Waals surface area contributed by atoms with E-state index in [2.05, 4.69) is 10.6 Å². The Morgan fingerprint density at radius 2 is 2.33 bits per heavy atom. The van der Waals surface area contributed by atoms with Crippen molar-refractivity contribution in [2.24, 2.45) is 0 Å². The molecule has 114 valence electrons. The predicted octanol–water partition coefficient (Wildman–Crippen LogP) is 1.15. The molecule has 21 heavy (non-hydrogen) atoms. The zero-order valence-corrected chi connectivity index (χ0v) is 12.0. The number of non-ortho nitro benzene ring substituents is 1. The van der Waals surface area contributed by atoms with Crippen LogP contribution in [0.25, 0.3) is 0 Å². The number of nitro groups is 1. The number of nitrogens with zero attached hydrogens (tertiary/aromatic N) is 1. The molecule has 3 atom stereocenters. The minimum Gasteiger partial charge on any atom is -0.375 e. The van der Waals surface area contributed by atoms with Crippen molar-refractivity contribution in [3.8, 4) is 0 Å². The van der Waals surface area contributed by atoms with E-state index in [0.717, 1.165) is 0 Å². The largest absolute Gasteiger partial charge is 0.375 e. The Morgan fingerprint density at radius 3 is 3.00 bits per heavy atom. The van der Waals surface area contributed by atoms with Gasteiger partial charge in [-0.2, -0.15) is 0 Å². The Bertz CT molecular complexity index is 535. The van der Waals surface area contributed by atoms with Crippen molar-refractivity contribution in [2.45, 2.75) is 32.0 Å². The number of rotatable bonds is 4. The van der Waals surface area contributed by atoms with Crippen LogP contribution >= 0.6 is 0 Å². The van der Waals surface area contributed by atoms with E-state index in [1.165, 1.54) is 12.1 Å². The van der Waals surface area contributed by atoms with Crippen LogP contribution in [0.15, 0.2) is 24.3 Å². The van der Waals surface area contributed by atoms with Gasteiger partial charge in [-0.25, -0.2) is 0 Å². The lowest BCUT2D eigenvalue weighted by molar-refractivity contribution is -0.384. The third-order valence-electron chi connectivity index (χ3n) is 3.54. The van der Waals surface area contributed by atoms with Gasteiger partial charge >= 0.3 is 0 Å². The van der Waals surface area contributed by atoms with Crippen molar-refractivity contribution in [3.05, 3.63) is 39.9 Å². The average molecular weight is 293 g/mol. The molecule has 1 aliphatic rings. The molecule has 0 spiro atoms. The molecule has 1 unspecified atom stereocenters. The molecule has 1 aromatic carbocycles. The van der Waals surface area contributed by atoms with Gasteiger partial charge in [-0.15, -0.1) is 0 Å². The number of ether oxygens (including phenoxy) is 1. The van der Waals surface area contributed by atoms with Gasteiger partial charge in [0.2, 0.25) is 5.91 Å². The maximum atomic E-state index is 12.2. The van der Waals surface area contributed by atoms with Crippen LogP contribution < -0.4 is 10.6 Å². The summed E-state index contributed by atoms with van der Waals surface area (Å²) >= 11 is 0. The Hall–Kier alpha value is -1.99. The van der Waals surface area contributed by atoms with Gasteiger partial charge in [0.15, 0.2) is 0 Å². The van der Waals surface area contributed by atoms with E-state index in [1.807, 2.05) is 6.92 Å². The van der Waals surface area contributed by atoms with Gasteiger partial charge in [0.05, 0.1) is 23.7 Å². The molecule has 1 fully saturated rings. The van der Waals surface area contributed by atoms with Gasteiger partial charge in [-0.1, -0.05) is 12.1 Å². The standard InChI is InChI=1S/C14H19N3O4/c1-9(11-4-3-5-12(8-11)17(19)20)16-14(18)13-10(2)21-7-6-15-13/h3-5,8-10,13,15H,6-7H2,1-2H3,(H,16,18)/t9?,10-,13+/m1/s1. The second-order valence-corrected chi connectivity index (χ2v) is 5.09. The van der Waals surface area contributed by atoms with Crippen LogP contribution in [0.1, 0.15) is 25.5 Å². The predicted molar refractivity (Wildman–Crippen MR) is 76.9 cm³/mol. The summed E-state index contributed by atoms with van der Waals surface area (Å²) in [5, 5.41) is 16.7. The number of nitro benzene ring substituents is 1. The third kappa shape index (κ3) is 3.77. The minimum atomic E-state index is -0.448. The van der Waals surface area contributed by atoms with Crippen LogP contribution in [-0.4, -0.2) is 36.1 Å². The first kappa shape index (κ1) is 15.4. The maximum absolute atomic E-state index is 12.2. The molecule has 2 rings (SSSR count). The van der Waals surface area contributed by atoms with E-state index in [9.17, 15) is 14.9 Å². The van der Waals surface area contributed by atoms with Crippen molar-refractivity contribution in [2.75, 3.05) is 13.2 Å². The molecule has 1 aromatic rings. The van der Waals surface area contributed by atoms with Gasteiger partial charge < -0.3 is 15.4 Å². The zero-order valence-electron chi connectivity index (χ0n) is 12.0. The number of morpholine rings is 1. The van der Waals surface area contributed by atoms with Crippen molar-refractivity contribution in [1.82, 2.24) is 10.6 Å². The minimum absolute atomic E-state index is 0.0149. The van der Waals surface area contributed by atoms with Gasteiger partial charge in [-0.05, 0) is 19.4 Å². The van der Waals surface area contributed by atoms with E-state index in [1.54, 1.807) is 19.1 Å². The summed E-state index contributed by atoms with van der Waals surface area (Å²) in [6.07, 6.45) is -0.198. The van der Waals surface area contributed by atoms with Crippen LogP contribution in [0.3, 0.4) is 0 Å². The Labute approximate surface area is 122 Å². The molecule has 0 aliphatic carbocycles. The van der Waals surface area contributed by atoms with Crippen molar-refractivity contribution in [1.29, 1.82) is 0 Å². The molecule has 0 saturated carbocycles. The molecule has 2 N–H and O–H groups in total. The van der Waals surface area contributed by atoms with Gasteiger partial charge in [0.25, 0.3) is 5.69 Å². The van der Waals surface area contributed by atoms with Crippen LogP contribution in [0, 0.1) is 10.1 Å². The van der Waals surface area contributed by atoms with Crippen molar-refractivity contribution in [3.63, 3.8) is 0 Å². The van der Waals surface area contributed by atoms with E-state index >= 15 is 0 Å². The van der Waals surface area contributed by atoms with E-state index < -0.39 is 11.0 Å². The van der Waals surface area contributed by atoms with Gasteiger partial charge in [0.1, 0.15) is 6.04 Å². The van der Waals surface area contributed by atoms with Gasteiger partial charge in [-0.3, -0.25) is 14.9 Å². The lowest BCUT2D eigenvalue weighted by Gasteiger charge is -2.30. The number of hydrogen-bond acceptors (Lipinski definition) is 5. The normalized spacial score (nSPS) is 23.3. The lowest BCUT2D eigenvalue weighted by Crippen LogP contribution is -2.55. The number of amides is 1.